The molecule has 14 nitrogen and oxygen atoms in total. The number of aromatic nitrogens is 5. The molecule has 14 heteroatoms. The van der Waals surface area contributed by atoms with Crippen LogP contribution in [0, 0.1) is 0 Å². The van der Waals surface area contributed by atoms with Gasteiger partial charge in [0.25, 0.3) is 11.5 Å². The molecule has 0 unspecified atom stereocenters. The number of rotatable bonds is 10. The summed E-state index contributed by atoms with van der Waals surface area (Å²) in [4.78, 5) is 23.5. The van der Waals surface area contributed by atoms with Crippen molar-refractivity contribution in [2.24, 2.45) is 5.10 Å². The molecule has 0 spiro atoms. The molecule has 2 aromatic heterocycles. The van der Waals surface area contributed by atoms with Gasteiger partial charge in [-0.05, 0) is 59.1 Å². The Labute approximate surface area is 203 Å². The van der Waals surface area contributed by atoms with Crippen LogP contribution in [-0.2, 0) is 4.79 Å². The predicted octanol–water partition coefficient (Wildman–Crippen LogP) is -0.390. The number of benzene rings is 2. The highest BCUT2D eigenvalue weighted by molar-refractivity contribution is 5.97. The van der Waals surface area contributed by atoms with Gasteiger partial charge in [-0.25, -0.2) is 5.43 Å². The summed E-state index contributed by atoms with van der Waals surface area (Å²) < 4.78 is 16.6. The number of H-pyrrole nitrogens is 1. The van der Waals surface area contributed by atoms with E-state index in [1.54, 1.807) is 48.5 Å². The molecule has 0 aliphatic heterocycles. The Morgan fingerprint density at radius 3 is 2.69 bits per heavy atom. The maximum absolute atomic E-state index is 13.0. The molecule has 0 saturated heterocycles. The topological polar surface area (TPSA) is 198 Å². The third-order valence-electron chi connectivity index (χ3n) is 4.67. The molecule has 0 saturated carbocycles. The minimum absolute atomic E-state index is 0.00535. The first-order valence-corrected chi connectivity index (χ1v) is 10.5. The minimum Gasteiger partial charge on any atom is -0.546 e. The van der Waals surface area contributed by atoms with Crippen LogP contribution >= 0.6 is 0 Å². The van der Waals surface area contributed by atoms with E-state index >= 15 is 0 Å². The van der Waals surface area contributed by atoms with Crippen molar-refractivity contribution >= 4 is 23.9 Å². The normalized spacial score (nSPS) is 10.9. The number of carbonyl (C=O) groups excluding carboxylic acids is 2. The number of hydrogen-bond acceptors (Lipinski definition) is 11. The van der Waals surface area contributed by atoms with Crippen molar-refractivity contribution < 1.29 is 33.5 Å². The fraction of sp³-hybridized carbons (Fsp3) is 0.136. The lowest BCUT2D eigenvalue weighted by molar-refractivity contribution is -0.652. The number of nitrogens with one attached hydrogen (secondary N) is 2. The SMILES string of the molecule is CCOc1cccc(-c2c(C(=O)N/N=C/c3ccc(OCC(=O)[O-])cc3)n[nH][n+]2-c2nonc2N)c1. The monoisotopic (exact) mass is 492 g/mol. The van der Waals surface area contributed by atoms with E-state index in [-0.39, 0.29) is 17.3 Å². The molecule has 184 valence electrons. The van der Waals surface area contributed by atoms with Crippen molar-refractivity contribution in [2.75, 3.05) is 18.9 Å². The summed E-state index contributed by atoms with van der Waals surface area (Å²) in [6.45, 7) is 1.76. The van der Waals surface area contributed by atoms with E-state index in [9.17, 15) is 14.7 Å². The molecule has 0 atom stereocenters. The molecule has 0 aliphatic rings. The quantitative estimate of drug-likeness (QED) is 0.149. The standard InChI is InChI=1S/C22H20N8O6/c1-2-34-16-5-3-4-14(10-16)19-18(25-29-30(19)21-20(23)27-36-28-21)22(33)26-24-11-13-6-8-15(9-7-13)35-12-17(31)32/h3-11H,2,12H2,1H3,(H4,23,26,27,31,32,33)/b24-11+. The van der Waals surface area contributed by atoms with Crippen molar-refractivity contribution in [1.82, 2.24) is 26.1 Å². The van der Waals surface area contributed by atoms with E-state index in [2.05, 4.69) is 35.8 Å². The number of carboxylic acid groups (broad SMARTS) is 1. The molecule has 4 N–H and O–H groups in total. The summed E-state index contributed by atoms with van der Waals surface area (Å²) in [6.07, 6.45) is 1.40. The van der Waals surface area contributed by atoms with Gasteiger partial charge in [0.05, 0.1) is 18.8 Å². The van der Waals surface area contributed by atoms with Gasteiger partial charge in [-0.3, -0.25) is 4.79 Å². The second-order valence-electron chi connectivity index (χ2n) is 7.11. The van der Waals surface area contributed by atoms with Crippen LogP contribution in [0.1, 0.15) is 23.0 Å². The summed E-state index contributed by atoms with van der Waals surface area (Å²) in [7, 11) is 0. The number of amides is 1. The van der Waals surface area contributed by atoms with E-state index < -0.39 is 18.5 Å². The van der Waals surface area contributed by atoms with Gasteiger partial charge in [0.1, 0.15) is 23.3 Å². The highest BCUT2D eigenvalue weighted by atomic mass is 16.6. The zero-order valence-corrected chi connectivity index (χ0v) is 18.9. The molecule has 2 heterocycles. The van der Waals surface area contributed by atoms with Gasteiger partial charge in [-0.2, -0.15) is 9.73 Å². The van der Waals surface area contributed by atoms with Gasteiger partial charge in [0, 0.05) is 5.56 Å². The molecule has 0 aliphatic carbocycles. The molecule has 36 heavy (non-hydrogen) atoms. The Hall–Kier alpha value is -5.27. The molecule has 0 radical (unpaired) electrons. The number of hydrazone groups is 1. The molecule has 0 fully saturated rings. The molecular weight excluding hydrogens is 472 g/mol. The van der Waals surface area contributed by atoms with Crippen LogP contribution in [0.15, 0.2) is 58.3 Å². The fourth-order valence-electron chi connectivity index (χ4n) is 3.14. The van der Waals surface area contributed by atoms with Crippen LogP contribution in [0.25, 0.3) is 17.1 Å². The van der Waals surface area contributed by atoms with Crippen LogP contribution in [0.5, 0.6) is 11.5 Å². The lowest BCUT2D eigenvalue weighted by Crippen LogP contribution is -2.37. The summed E-state index contributed by atoms with van der Waals surface area (Å²) in [5.74, 6) is -0.908. The second kappa shape index (κ2) is 10.8. The van der Waals surface area contributed by atoms with Crippen LogP contribution in [0.3, 0.4) is 0 Å². The fourth-order valence-corrected chi connectivity index (χ4v) is 3.14. The van der Waals surface area contributed by atoms with Gasteiger partial charge in [0.15, 0.2) is 5.69 Å². The average molecular weight is 492 g/mol. The first-order chi connectivity index (χ1) is 17.5. The van der Waals surface area contributed by atoms with Gasteiger partial charge in [-0.1, -0.05) is 12.1 Å². The smallest absolute Gasteiger partial charge is 0.377 e. The van der Waals surface area contributed by atoms with Crippen molar-refractivity contribution in [3.63, 3.8) is 0 Å². The van der Waals surface area contributed by atoms with Gasteiger partial charge in [0.2, 0.25) is 0 Å². The van der Waals surface area contributed by atoms with Gasteiger partial charge >= 0.3 is 11.7 Å². The molecule has 1 amide bonds. The van der Waals surface area contributed by atoms with Crippen molar-refractivity contribution in [3.8, 4) is 28.6 Å². The van der Waals surface area contributed by atoms with E-state index in [1.807, 2.05) is 6.92 Å². The summed E-state index contributed by atoms with van der Waals surface area (Å²) in [6, 6.07) is 13.4. The molecule has 0 bridgehead atoms. The first-order valence-electron chi connectivity index (χ1n) is 10.5. The van der Waals surface area contributed by atoms with Crippen molar-refractivity contribution in [3.05, 3.63) is 59.8 Å². The maximum atomic E-state index is 13.0. The number of carboxylic acids is 1. The first kappa shape index (κ1) is 23.9. The van der Waals surface area contributed by atoms with Gasteiger partial charge in [-0.15, -0.1) is 9.90 Å². The molecule has 4 rings (SSSR count). The average Bonchev–Trinajstić information content (AvgIpc) is 3.50. The molecular formula is C22H20N8O6. The third kappa shape index (κ3) is 5.44. The largest absolute Gasteiger partial charge is 0.546 e. The maximum Gasteiger partial charge on any atom is 0.377 e. The van der Waals surface area contributed by atoms with Crippen molar-refractivity contribution in [1.29, 1.82) is 0 Å². The number of nitrogens with zero attached hydrogens (tertiary/aromatic N) is 5. The third-order valence-corrected chi connectivity index (χ3v) is 4.67. The summed E-state index contributed by atoms with van der Waals surface area (Å²) in [5, 5.41) is 28.6. The van der Waals surface area contributed by atoms with E-state index in [0.29, 0.717) is 34.9 Å². The lowest BCUT2D eigenvalue weighted by Gasteiger charge is -2.06. The van der Waals surface area contributed by atoms with Gasteiger partial charge < -0.3 is 25.1 Å². The Balaban J connectivity index is 1.58. The Morgan fingerprint density at radius 2 is 2.00 bits per heavy atom. The predicted molar refractivity (Wildman–Crippen MR) is 121 cm³/mol. The second-order valence-corrected chi connectivity index (χ2v) is 7.11. The number of aliphatic carboxylic acids is 1. The summed E-state index contributed by atoms with van der Waals surface area (Å²) in [5.41, 5.74) is 9.79. The van der Waals surface area contributed by atoms with Crippen molar-refractivity contribution in [2.45, 2.75) is 6.92 Å². The van der Waals surface area contributed by atoms with E-state index in [4.69, 9.17) is 15.2 Å². The highest BCUT2D eigenvalue weighted by Gasteiger charge is 2.31. The highest BCUT2D eigenvalue weighted by Crippen LogP contribution is 2.25. The number of carbonyl (C=O) groups is 2. The molecule has 2 aromatic carbocycles. The number of nitrogens with two attached hydrogens (primary N) is 1. The van der Waals surface area contributed by atoms with E-state index in [1.165, 1.54) is 10.9 Å². The van der Waals surface area contributed by atoms with Crippen LogP contribution in [-0.4, -0.2) is 51.9 Å². The Kier molecular flexibility index (Phi) is 7.14. The number of ether oxygens (including phenoxy) is 2. The number of hydrogen-bond donors (Lipinski definition) is 3. The number of nitrogen functional groups attached to an aromatic ring is 1. The Bertz CT molecular complexity index is 1400. The van der Waals surface area contributed by atoms with Crippen LogP contribution in [0.2, 0.25) is 0 Å². The zero-order chi connectivity index (χ0) is 25.5. The lowest BCUT2D eigenvalue weighted by atomic mass is 10.1. The minimum atomic E-state index is -1.32. The molecule has 4 aromatic rings. The van der Waals surface area contributed by atoms with Crippen LogP contribution < -0.4 is 30.4 Å². The summed E-state index contributed by atoms with van der Waals surface area (Å²) >= 11 is 0. The van der Waals surface area contributed by atoms with Crippen LogP contribution in [0.4, 0.5) is 5.82 Å². The van der Waals surface area contributed by atoms with E-state index in [0.717, 1.165) is 0 Å². The number of aromatic amines is 1. The zero-order valence-electron chi connectivity index (χ0n) is 18.9. The number of anilines is 1. The Morgan fingerprint density at radius 1 is 1.19 bits per heavy atom.